The lowest BCUT2D eigenvalue weighted by Crippen LogP contribution is -2.60. The molecular weight excluding hydrogens is 446 g/mol. The van der Waals surface area contributed by atoms with Crippen molar-refractivity contribution in [1.29, 1.82) is 0 Å². The van der Waals surface area contributed by atoms with Crippen LogP contribution < -0.4 is 27.8 Å². The third-order valence-electron chi connectivity index (χ3n) is 5.51. The number of rotatable bonds is 13. The van der Waals surface area contributed by atoms with Crippen molar-refractivity contribution in [2.75, 3.05) is 13.1 Å². The molecule has 0 saturated carbocycles. The van der Waals surface area contributed by atoms with E-state index in [0.29, 0.717) is 32.2 Å². The molecule has 0 aromatic rings. The van der Waals surface area contributed by atoms with E-state index in [9.17, 15) is 29.4 Å². The predicted molar refractivity (Wildman–Crippen MR) is 125 cm³/mol. The van der Waals surface area contributed by atoms with Crippen molar-refractivity contribution >= 4 is 29.7 Å². The first-order chi connectivity index (χ1) is 15.8. The van der Waals surface area contributed by atoms with E-state index in [2.05, 4.69) is 15.6 Å². The first-order valence-corrected chi connectivity index (χ1v) is 11.5. The first-order valence-electron chi connectivity index (χ1n) is 11.5. The maximum Gasteiger partial charge on any atom is 0.326 e. The van der Waals surface area contributed by atoms with Crippen molar-refractivity contribution in [3.63, 3.8) is 0 Å². The normalized spacial score (nSPS) is 19.1. The number of aliphatic carboxylic acids is 1. The monoisotopic (exact) mass is 485 g/mol. The number of aliphatic hydroxyl groups excluding tert-OH is 1. The molecule has 0 radical (unpaired) electrons. The van der Waals surface area contributed by atoms with Crippen molar-refractivity contribution in [2.24, 2.45) is 28.1 Å². The molecule has 5 unspecified atom stereocenters. The van der Waals surface area contributed by atoms with Crippen LogP contribution in [0.2, 0.25) is 0 Å². The molecule has 1 aliphatic heterocycles. The van der Waals surface area contributed by atoms with Gasteiger partial charge in [0.1, 0.15) is 18.1 Å². The van der Waals surface area contributed by atoms with Gasteiger partial charge in [-0.05, 0) is 44.9 Å². The lowest BCUT2D eigenvalue weighted by Gasteiger charge is -2.30. The number of nitrogens with two attached hydrogens (primary N) is 3. The van der Waals surface area contributed by atoms with E-state index >= 15 is 0 Å². The molecule has 5 atom stereocenters. The Labute approximate surface area is 199 Å². The Morgan fingerprint density at radius 3 is 2.29 bits per heavy atom. The van der Waals surface area contributed by atoms with E-state index < -0.39 is 54.0 Å². The van der Waals surface area contributed by atoms with E-state index in [-0.39, 0.29) is 24.8 Å². The highest BCUT2D eigenvalue weighted by atomic mass is 16.4. The Morgan fingerprint density at radius 2 is 1.76 bits per heavy atom. The van der Waals surface area contributed by atoms with Crippen molar-refractivity contribution in [3.05, 3.63) is 0 Å². The van der Waals surface area contributed by atoms with Crippen LogP contribution in [0.1, 0.15) is 52.9 Å². The number of carboxylic acid groups (broad SMARTS) is 1. The summed E-state index contributed by atoms with van der Waals surface area (Å²) in [5.41, 5.74) is 16.4. The summed E-state index contributed by atoms with van der Waals surface area (Å²) >= 11 is 0. The van der Waals surface area contributed by atoms with Gasteiger partial charge in [-0.3, -0.25) is 19.4 Å². The maximum atomic E-state index is 13.0. The van der Waals surface area contributed by atoms with Crippen LogP contribution in [0.3, 0.4) is 0 Å². The van der Waals surface area contributed by atoms with Crippen LogP contribution in [0.5, 0.6) is 0 Å². The molecule has 0 bridgehead atoms. The average molecular weight is 486 g/mol. The van der Waals surface area contributed by atoms with Crippen molar-refractivity contribution in [3.8, 4) is 0 Å². The van der Waals surface area contributed by atoms with Crippen LogP contribution in [-0.4, -0.2) is 88.1 Å². The summed E-state index contributed by atoms with van der Waals surface area (Å²) < 4.78 is 0. The number of carbonyl (C=O) groups excluding carboxylic acids is 3. The lowest BCUT2D eigenvalue weighted by molar-refractivity contribution is -0.150. The van der Waals surface area contributed by atoms with Crippen LogP contribution in [0.4, 0.5) is 0 Å². The molecule has 1 saturated heterocycles. The van der Waals surface area contributed by atoms with Gasteiger partial charge in [-0.15, -0.1) is 0 Å². The highest BCUT2D eigenvalue weighted by Gasteiger charge is 2.40. The molecule has 13 heteroatoms. The molecule has 1 aliphatic rings. The molecule has 34 heavy (non-hydrogen) atoms. The number of amides is 3. The van der Waals surface area contributed by atoms with Crippen LogP contribution in [0.15, 0.2) is 4.99 Å². The van der Waals surface area contributed by atoms with E-state index in [4.69, 9.17) is 17.2 Å². The van der Waals surface area contributed by atoms with Crippen molar-refractivity contribution in [2.45, 2.75) is 83.1 Å². The Bertz CT molecular complexity index is 754. The second kappa shape index (κ2) is 13.7. The number of hydrogen-bond donors (Lipinski definition) is 7. The van der Waals surface area contributed by atoms with Gasteiger partial charge in [-0.25, -0.2) is 4.79 Å². The number of carboxylic acids is 1. The van der Waals surface area contributed by atoms with E-state index in [0.717, 1.165) is 4.90 Å². The van der Waals surface area contributed by atoms with Crippen LogP contribution >= 0.6 is 0 Å². The predicted octanol–water partition coefficient (Wildman–Crippen LogP) is -2.16. The molecule has 3 amide bonds. The third kappa shape index (κ3) is 9.14. The number of aliphatic hydroxyl groups is 1. The van der Waals surface area contributed by atoms with Gasteiger partial charge in [0.15, 0.2) is 5.96 Å². The number of hydrogen-bond acceptors (Lipinski definition) is 7. The van der Waals surface area contributed by atoms with E-state index in [1.807, 2.05) is 13.8 Å². The molecule has 0 aromatic heterocycles. The molecule has 1 heterocycles. The van der Waals surface area contributed by atoms with E-state index in [1.54, 1.807) is 0 Å². The van der Waals surface area contributed by atoms with Gasteiger partial charge in [0.05, 0.1) is 12.1 Å². The first kappa shape index (κ1) is 29.1. The minimum atomic E-state index is -1.35. The topological polar surface area (TPSA) is 226 Å². The van der Waals surface area contributed by atoms with Gasteiger partial charge < -0.3 is 42.9 Å². The van der Waals surface area contributed by atoms with Gasteiger partial charge in [0.2, 0.25) is 17.7 Å². The van der Waals surface area contributed by atoms with Gasteiger partial charge in [-0.2, -0.15) is 0 Å². The molecule has 1 fully saturated rings. The number of nitrogens with zero attached hydrogens (tertiary/aromatic N) is 2. The zero-order valence-corrected chi connectivity index (χ0v) is 20.1. The number of aliphatic imine (C=N–C) groups is 1. The van der Waals surface area contributed by atoms with Crippen molar-refractivity contribution < 1.29 is 29.4 Å². The second-order valence-corrected chi connectivity index (χ2v) is 9.00. The number of likely N-dealkylation sites (tertiary alicyclic amines) is 1. The summed E-state index contributed by atoms with van der Waals surface area (Å²) in [6.45, 7) is 5.58. The summed E-state index contributed by atoms with van der Waals surface area (Å²) in [5.74, 6) is -3.07. The molecule has 194 valence electrons. The summed E-state index contributed by atoms with van der Waals surface area (Å²) in [4.78, 5) is 55.0. The number of guanidine groups is 1. The van der Waals surface area contributed by atoms with E-state index in [1.165, 1.54) is 6.92 Å². The minimum absolute atomic E-state index is 0.0183. The minimum Gasteiger partial charge on any atom is -0.480 e. The summed E-state index contributed by atoms with van der Waals surface area (Å²) in [5, 5.41) is 24.6. The third-order valence-corrected chi connectivity index (χ3v) is 5.51. The molecule has 0 spiro atoms. The van der Waals surface area contributed by atoms with Crippen LogP contribution in [-0.2, 0) is 19.2 Å². The fraction of sp³-hybridized carbons (Fsp3) is 0.762. The fourth-order valence-corrected chi connectivity index (χ4v) is 3.74. The summed E-state index contributed by atoms with van der Waals surface area (Å²) in [7, 11) is 0. The Balaban J connectivity index is 2.86. The van der Waals surface area contributed by atoms with Crippen LogP contribution in [0, 0.1) is 5.92 Å². The van der Waals surface area contributed by atoms with Crippen molar-refractivity contribution in [1.82, 2.24) is 15.5 Å². The molecule has 1 rings (SSSR count). The Morgan fingerprint density at radius 1 is 1.12 bits per heavy atom. The Hall–Kier alpha value is -2.93. The lowest BCUT2D eigenvalue weighted by atomic mass is 10.0. The zero-order chi connectivity index (χ0) is 26.0. The molecule has 0 aromatic carbocycles. The fourth-order valence-electron chi connectivity index (χ4n) is 3.74. The molecule has 13 nitrogen and oxygen atoms in total. The quantitative estimate of drug-likeness (QED) is 0.0854. The van der Waals surface area contributed by atoms with Gasteiger partial charge in [0.25, 0.3) is 0 Å². The summed E-state index contributed by atoms with van der Waals surface area (Å²) in [6.07, 6.45) is 0.552. The molecular formula is C21H39N7O6. The SMILES string of the molecule is CC(C)CC(NC(=O)C(N)CCCN=C(N)N)C(=O)NC(C(=O)N1CCCC1C(=O)O)C(C)O. The smallest absolute Gasteiger partial charge is 0.326 e. The van der Waals surface area contributed by atoms with Gasteiger partial charge in [0, 0.05) is 13.1 Å². The van der Waals surface area contributed by atoms with Crippen LogP contribution in [0.25, 0.3) is 0 Å². The largest absolute Gasteiger partial charge is 0.480 e. The zero-order valence-electron chi connectivity index (χ0n) is 20.1. The average Bonchev–Trinajstić information content (AvgIpc) is 3.23. The highest BCUT2D eigenvalue weighted by Crippen LogP contribution is 2.19. The maximum absolute atomic E-state index is 13.0. The second-order valence-electron chi connectivity index (χ2n) is 9.00. The molecule has 10 N–H and O–H groups in total. The Kier molecular flexibility index (Phi) is 11.7. The molecule has 0 aliphatic carbocycles. The standard InChI is InChI=1S/C21H39N7O6/c1-11(2)10-14(26-17(30)13(22)6-4-8-25-21(23)24)18(31)27-16(12(3)29)19(32)28-9-5-7-15(28)20(33)34/h11-16,29H,4-10,22H2,1-3H3,(H,26,30)(H,27,31)(H,33,34)(H4,23,24,25). The van der Waals surface area contributed by atoms with Gasteiger partial charge in [-0.1, -0.05) is 13.8 Å². The van der Waals surface area contributed by atoms with Gasteiger partial charge >= 0.3 is 5.97 Å². The number of carbonyl (C=O) groups is 4. The number of nitrogens with one attached hydrogen (secondary N) is 2. The highest BCUT2D eigenvalue weighted by molar-refractivity contribution is 5.94. The summed E-state index contributed by atoms with van der Waals surface area (Å²) in [6, 6.07) is -4.26.